The first kappa shape index (κ1) is 20.3. The number of aliphatic hydroxyl groups is 1. The lowest BCUT2D eigenvalue weighted by atomic mass is 9.57. The lowest BCUT2D eigenvalue weighted by Gasteiger charge is -2.48. The highest BCUT2D eigenvalue weighted by molar-refractivity contribution is 6.09. The monoisotopic (exact) mass is 400 g/mol. The molecular weight excluding hydrogens is 375 g/mol. The number of hydrogen-bond donors (Lipinski definition) is 1. The fourth-order valence-corrected chi connectivity index (χ4v) is 4.63. The summed E-state index contributed by atoms with van der Waals surface area (Å²) in [4.78, 5) is 12.9. The Bertz CT molecular complexity index is 1110. The maximum Gasteiger partial charge on any atom is 0.182 e. The average molecular weight is 400 g/mol. The molecule has 2 aromatic carbocycles. The van der Waals surface area contributed by atoms with Gasteiger partial charge in [-0.1, -0.05) is 49.5 Å². The van der Waals surface area contributed by atoms with Gasteiger partial charge in [-0.25, -0.2) is 4.39 Å². The Balaban J connectivity index is 1.66. The Morgan fingerprint density at radius 3 is 2.57 bits per heavy atom. The van der Waals surface area contributed by atoms with E-state index in [1.54, 1.807) is 18.2 Å². The van der Waals surface area contributed by atoms with E-state index < -0.39 is 11.5 Å². The summed E-state index contributed by atoms with van der Waals surface area (Å²) in [7, 11) is 0. The zero-order valence-corrected chi connectivity index (χ0v) is 17.3. The largest absolute Gasteiger partial charge is 0.392 e. The number of carbonyl (C=O) groups is 1. The van der Waals surface area contributed by atoms with Gasteiger partial charge in [0.2, 0.25) is 0 Å². The first-order chi connectivity index (χ1) is 14.4. The third-order valence-corrected chi connectivity index (χ3v) is 6.65. The third-order valence-electron chi connectivity index (χ3n) is 6.65. The maximum absolute atomic E-state index is 13.3. The van der Waals surface area contributed by atoms with Gasteiger partial charge < -0.3 is 5.11 Å². The number of hydrogen-bond acceptors (Lipinski definition) is 2. The van der Waals surface area contributed by atoms with E-state index in [2.05, 4.69) is 18.8 Å². The molecule has 0 bridgehead atoms. The predicted molar refractivity (Wildman–Crippen MR) is 117 cm³/mol. The topological polar surface area (TPSA) is 37.3 Å². The molecule has 1 saturated carbocycles. The SMILES string of the molecule is C[C@H]1C(=Cc2cccc(C#Cc3cccc(F)c3)c2)C(=O)C=C2CCC[C@H](O)[C@]21C. The molecule has 1 N–H and O–H groups in total. The molecule has 30 heavy (non-hydrogen) atoms. The molecule has 0 amide bonds. The highest BCUT2D eigenvalue weighted by Crippen LogP contribution is 2.51. The summed E-state index contributed by atoms with van der Waals surface area (Å²) >= 11 is 0. The van der Waals surface area contributed by atoms with E-state index in [0.29, 0.717) is 5.56 Å². The number of ketones is 1. The third kappa shape index (κ3) is 3.76. The number of fused-ring (bicyclic) bond motifs is 1. The van der Waals surface area contributed by atoms with Crippen molar-refractivity contribution in [3.63, 3.8) is 0 Å². The number of aliphatic hydroxyl groups excluding tert-OH is 1. The number of carbonyl (C=O) groups excluding carboxylic acids is 1. The van der Waals surface area contributed by atoms with Crippen molar-refractivity contribution in [3.8, 4) is 11.8 Å². The van der Waals surface area contributed by atoms with Crippen molar-refractivity contribution in [1.29, 1.82) is 0 Å². The first-order valence-electron chi connectivity index (χ1n) is 10.4. The number of rotatable bonds is 1. The Morgan fingerprint density at radius 1 is 1.13 bits per heavy atom. The molecule has 152 valence electrons. The summed E-state index contributed by atoms with van der Waals surface area (Å²) in [5, 5.41) is 10.7. The molecule has 0 heterocycles. The molecule has 0 unspecified atom stereocenters. The highest BCUT2D eigenvalue weighted by Gasteiger charge is 2.48. The Labute approximate surface area is 177 Å². The van der Waals surface area contributed by atoms with E-state index in [0.717, 1.165) is 41.5 Å². The van der Waals surface area contributed by atoms with Crippen molar-refractivity contribution in [3.05, 3.63) is 88.3 Å². The van der Waals surface area contributed by atoms with Gasteiger partial charge in [-0.15, -0.1) is 0 Å². The molecular formula is C27H25FO2. The van der Waals surface area contributed by atoms with Crippen molar-refractivity contribution in [1.82, 2.24) is 0 Å². The van der Waals surface area contributed by atoms with Crippen LogP contribution in [-0.4, -0.2) is 17.0 Å². The van der Waals surface area contributed by atoms with Gasteiger partial charge >= 0.3 is 0 Å². The van der Waals surface area contributed by atoms with E-state index in [4.69, 9.17) is 0 Å². The van der Waals surface area contributed by atoms with Gasteiger partial charge in [0.25, 0.3) is 0 Å². The fourth-order valence-electron chi connectivity index (χ4n) is 4.63. The smallest absolute Gasteiger partial charge is 0.182 e. The van der Waals surface area contributed by atoms with E-state index in [9.17, 15) is 14.3 Å². The van der Waals surface area contributed by atoms with Crippen LogP contribution in [-0.2, 0) is 4.79 Å². The molecule has 2 aromatic rings. The van der Waals surface area contributed by atoms with E-state index >= 15 is 0 Å². The zero-order valence-electron chi connectivity index (χ0n) is 17.3. The molecule has 2 nitrogen and oxygen atoms in total. The van der Waals surface area contributed by atoms with Gasteiger partial charge in [0, 0.05) is 22.1 Å². The van der Waals surface area contributed by atoms with Crippen LogP contribution < -0.4 is 0 Å². The van der Waals surface area contributed by atoms with Crippen molar-refractivity contribution >= 4 is 11.9 Å². The van der Waals surface area contributed by atoms with Crippen LogP contribution in [0.5, 0.6) is 0 Å². The van der Waals surface area contributed by atoms with Gasteiger partial charge in [-0.2, -0.15) is 0 Å². The summed E-state index contributed by atoms with van der Waals surface area (Å²) in [6.45, 7) is 4.12. The van der Waals surface area contributed by atoms with Crippen LogP contribution in [0.2, 0.25) is 0 Å². The number of allylic oxidation sites excluding steroid dienone is 2. The second-order valence-electron chi connectivity index (χ2n) is 8.43. The maximum atomic E-state index is 13.3. The van der Waals surface area contributed by atoms with Crippen molar-refractivity contribution in [2.24, 2.45) is 11.3 Å². The number of benzene rings is 2. The molecule has 2 aliphatic rings. The molecule has 0 aromatic heterocycles. The van der Waals surface area contributed by atoms with Crippen LogP contribution in [0.4, 0.5) is 4.39 Å². The van der Waals surface area contributed by atoms with E-state index in [1.807, 2.05) is 37.3 Å². The van der Waals surface area contributed by atoms with Gasteiger partial charge in [0.15, 0.2) is 5.78 Å². The normalized spacial score (nSPS) is 27.1. The molecule has 1 fully saturated rings. The summed E-state index contributed by atoms with van der Waals surface area (Å²) in [5.74, 6) is 5.70. The summed E-state index contributed by atoms with van der Waals surface area (Å²) < 4.78 is 13.3. The quantitative estimate of drug-likeness (QED) is 0.521. The average Bonchev–Trinajstić information content (AvgIpc) is 2.73. The molecule has 0 aliphatic heterocycles. The molecule has 0 spiro atoms. The zero-order chi connectivity index (χ0) is 21.3. The fraction of sp³-hybridized carbons (Fsp3) is 0.296. The second kappa shape index (κ2) is 8.05. The summed E-state index contributed by atoms with van der Waals surface area (Å²) in [6, 6.07) is 13.9. The van der Waals surface area contributed by atoms with E-state index in [1.165, 1.54) is 12.1 Å². The van der Waals surface area contributed by atoms with Gasteiger partial charge in [-0.3, -0.25) is 4.79 Å². The van der Waals surface area contributed by atoms with Crippen LogP contribution in [0.1, 0.15) is 49.8 Å². The van der Waals surface area contributed by atoms with E-state index in [-0.39, 0.29) is 17.5 Å². The molecule has 3 heteroatoms. The minimum absolute atomic E-state index is 0.0281. The summed E-state index contributed by atoms with van der Waals surface area (Å²) in [6.07, 6.45) is 5.79. The molecule has 0 saturated heterocycles. The van der Waals surface area contributed by atoms with Crippen LogP contribution in [0, 0.1) is 29.0 Å². The Kier molecular flexibility index (Phi) is 5.45. The van der Waals surface area contributed by atoms with Crippen LogP contribution in [0.3, 0.4) is 0 Å². The first-order valence-corrected chi connectivity index (χ1v) is 10.4. The van der Waals surface area contributed by atoms with Crippen LogP contribution in [0.15, 0.2) is 65.8 Å². The molecule has 0 radical (unpaired) electrons. The van der Waals surface area contributed by atoms with Crippen molar-refractivity contribution in [2.75, 3.05) is 0 Å². The Hall–Kier alpha value is -2.96. The molecule has 3 atom stereocenters. The minimum Gasteiger partial charge on any atom is -0.392 e. The molecule has 4 rings (SSSR count). The molecule has 2 aliphatic carbocycles. The summed E-state index contributed by atoms with van der Waals surface area (Å²) in [5.41, 5.74) is 3.70. The van der Waals surface area contributed by atoms with Crippen LogP contribution in [0.25, 0.3) is 6.08 Å². The van der Waals surface area contributed by atoms with Gasteiger partial charge in [0.05, 0.1) is 6.10 Å². The predicted octanol–water partition coefficient (Wildman–Crippen LogP) is 5.31. The highest BCUT2D eigenvalue weighted by atomic mass is 19.1. The number of halogens is 1. The lowest BCUT2D eigenvalue weighted by Crippen LogP contribution is -2.46. The standard InChI is InChI=1S/C27H25FO2/c1-18-24(25(29)17-22-9-5-11-26(30)27(18,22)2)16-21-8-3-6-19(14-21)12-13-20-7-4-10-23(28)15-20/h3-4,6-8,10,14-18,26,30H,5,9,11H2,1-2H3/t18-,26-,27-/m0/s1. The van der Waals surface area contributed by atoms with Gasteiger partial charge in [0.1, 0.15) is 5.82 Å². The minimum atomic E-state index is -0.438. The second-order valence-corrected chi connectivity index (χ2v) is 8.43. The van der Waals surface area contributed by atoms with Crippen molar-refractivity contribution < 1.29 is 14.3 Å². The van der Waals surface area contributed by atoms with Crippen LogP contribution >= 0.6 is 0 Å². The van der Waals surface area contributed by atoms with Crippen molar-refractivity contribution in [2.45, 2.75) is 39.2 Å². The Morgan fingerprint density at radius 2 is 1.83 bits per heavy atom. The van der Waals surface area contributed by atoms with Gasteiger partial charge in [-0.05, 0) is 73.2 Å². The lowest BCUT2D eigenvalue weighted by molar-refractivity contribution is -0.113.